The summed E-state index contributed by atoms with van der Waals surface area (Å²) in [6.45, 7) is 2.42. The van der Waals surface area contributed by atoms with Crippen molar-refractivity contribution in [3.63, 3.8) is 0 Å². The smallest absolute Gasteiger partial charge is 0.317 e. The molecular weight excluding hydrogens is 152 g/mol. The maximum absolute atomic E-state index is 5.55. The van der Waals surface area contributed by atoms with Crippen molar-refractivity contribution in [3.05, 3.63) is 17.4 Å². The minimum Gasteiger partial charge on any atom is -0.464 e. The van der Waals surface area contributed by atoms with Gasteiger partial charge in [0, 0.05) is 6.20 Å². The summed E-state index contributed by atoms with van der Waals surface area (Å²) in [6.07, 6.45) is 1.56. The van der Waals surface area contributed by atoms with E-state index in [0.717, 1.165) is 0 Å². The van der Waals surface area contributed by atoms with Crippen LogP contribution in [0.4, 0.5) is 0 Å². The van der Waals surface area contributed by atoms with Crippen molar-refractivity contribution < 1.29 is 4.74 Å². The Morgan fingerprint density at radius 2 is 2.50 bits per heavy atom. The molecule has 0 aromatic carbocycles. The van der Waals surface area contributed by atoms with Crippen molar-refractivity contribution in [1.82, 2.24) is 9.97 Å². The van der Waals surface area contributed by atoms with Crippen molar-refractivity contribution in [3.8, 4) is 6.01 Å². The number of nitrogens with zero attached hydrogens (tertiary/aromatic N) is 2. The molecule has 0 bridgehead atoms. The summed E-state index contributed by atoms with van der Waals surface area (Å²) < 4.78 is 4.98. The average Bonchev–Trinajstić information content (AvgIpc) is 1.88. The van der Waals surface area contributed by atoms with E-state index in [1.165, 1.54) is 0 Å². The van der Waals surface area contributed by atoms with Crippen LogP contribution in [-0.2, 0) is 0 Å². The van der Waals surface area contributed by atoms with Gasteiger partial charge in [-0.15, -0.1) is 0 Å². The summed E-state index contributed by atoms with van der Waals surface area (Å²) in [5, 5.41) is 0.401. The van der Waals surface area contributed by atoms with Crippen LogP contribution in [0.25, 0.3) is 0 Å². The zero-order valence-electron chi connectivity index (χ0n) is 5.54. The predicted octanol–water partition coefficient (Wildman–Crippen LogP) is 1.53. The standard InChI is InChI=1S/C6H7ClN2O/c1-2-10-6-8-4-3-5(7)9-6/h3-4H,2H2,1H3. The molecule has 0 atom stereocenters. The van der Waals surface area contributed by atoms with Crippen LogP contribution in [0.5, 0.6) is 6.01 Å². The first-order chi connectivity index (χ1) is 4.83. The van der Waals surface area contributed by atoms with E-state index < -0.39 is 0 Å². The highest BCUT2D eigenvalue weighted by molar-refractivity contribution is 6.29. The lowest BCUT2D eigenvalue weighted by Crippen LogP contribution is -1.96. The van der Waals surface area contributed by atoms with Gasteiger partial charge < -0.3 is 4.74 Å². The van der Waals surface area contributed by atoms with E-state index in [-0.39, 0.29) is 0 Å². The zero-order valence-corrected chi connectivity index (χ0v) is 6.30. The van der Waals surface area contributed by atoms with Crippen LogP contribution in [0.3, 0.4) is 0 Å². The second-order valence-corrected chi connectivity index (χ2v) is 1.98. The molecule has 0 N–H and O–H groups in total. The molecule has 1 rings (SSSR count). The van der Waals surface area contributed by atoms with Crippen molar-refractivity contribution >= 4 is 11.6 Å². The van der Waals surface area contributed by atoms with Crippen LogP contribution in [-0.4, -0.2) is 16.6 Å². The lowest BCUT2D eigenvalue weighted by atomic mass is 10.7. The molecular formula is C6H7ClN2O. The fourth-order valence-electron chi connectivity index (χ4n) is 0.519. The van der Waals surface area contributed by atoms with E-state index in [9.17, 15) is 0 Å². The third-order valence-corrected chi connectivity index (χ3v) is 1.08. The summed E-state index contributed by atoms with van der Waals surface area (Å²) in [4.78, 5) is 7.61. The molecule has 1 heterocycles. The van der Waals surface area contributed by atoms with E-state index in [2.05, 4.69) is 9.97 Å². The Labute approximate surface area is 64.0 Å². The van der Waals surface area contributed by atoms with Crippen LogP contribution >= 0.6 is 11.6 Å². The third kappa shape index (κ3) is 1.84. The molecule has 0 fully saturated rings. The van der Waals surface area contributed by atoms with E-state index in [1.807, 2.05) is 6.92 Å². The molecule has 0 aliphatic rings. The SMILES string of the molecule is CCOc1nccc(Cl)n1. The number of rotatable bonds is 2. The number of halogens is 1. The Hall–Kier alpha value is -0.830. The molecule has 4 heteroatoms. The minimum atomic E-state index is 0.329. The number of hydrogen-bond acceptors (Lipinski definition) is 3. The molecule has 10 heavy (non-hydrogen) atoms. The minimum absolute atomic E-state index is 0.329. The zero-order chi connectivity index (χ0) is 7.40. The number of aromatic nitrogens is 2. The van der Waals surface area contributed by atoms with Crippen LogP contribution in [0.2, 0.25) is 5.15 Å². The molecule has 0 radical (unpaired) electrons. The highest BCUT2D eigenvalue weighted by Gasteiger charge is 1.94. The van der Waals surface area contributed by atoms with Crippen LogP contribution in [0, 0.1) is 0 Å². The molecule has 1 aromatic heterocycles. The molecule has 0 unspecified atom stereocenters. The molecule has 0 saturated carbocycles. The molecule has 0 aliphatic carbocycles. The molecule has 0 aliphatic heterocycles. The Morgan fingerprint density at radius 1 is 1.70 bits per heavy atom. The fraction of sp³-hybridized carbons (Fsp3) is 0.333. The van der Waals surface area contributed by atoms with E-state index in [0.29, 0.717) is 17.8 Å². The maximum Gasteiger partial charge on any atom is 0.317 e. The summed E-state index contributed by atoms with van der Waals surface area (Å²) in [5.74, 6) is 0. The van der Waals surface area contributed by atoms with Gasteiger partial charge in [0.2, 0.25) is 0 Å². The van der Waals surface area contributed by atoms with Gasteiger partial charge in [0.15, 0.2) is 0 Å². The van der Waals surface area contributed by atoms with Gasteiger partial charge in [-0.3, -0.25) is 0 Å². The molecule has 1 aromatic rings. The largest absolute Gasteiger partial charge is 0.464 e. The second kappa shape index (κ2) is 3.37. The number of hydrogen-bond donors (Lipinski definition) is 0. The van der Waals surface area contributed by atoms with Crippen molar-refractivity contribution in [2.24, 2.45) is 0 Å². The summed E-state index contributed by atoms with van der Waals surface area (Å²) in [5.41, 5.74) is 0. The monoisotopic (exact) mass is 158 g/mol. The van der Waals surface area contributed by atoms with Crippen molar-refractivity contribution in [1.29, 1.82) is 0 Å². The Kier molecular flexibility index (Phi) is 2.45. The van der Waals surface area contributed by atoms with Gasteiger partial charge in [0.1, 0.15) is 5.15 Å². The maximum atomic E-state index is 5.55. The lowest BCUT2D eigenvalue weighted by Gasteiger charge is -1.97. The van der Waals surface area contributed by atoms with E-state index >= 15 is 0 Å². The molecule has 0 spiro atoms. The third-order valence-electron chi connectivity index (χ3n) is 0.873. The van der Waals surface area contributed by atoms with Gasteiger partial charge in [-0.05, 0) is 13.0 Å². The Bertz CT molecular complexity index is 217. The molecule has 0 amide bonds. The molecule has 54 valence electrons. The number of ether oxygens (including phenoxy) is 1. The normalized spacial score (nSPS) is 9.40. The van der Waals surface area contributed by atoms with Crippen LogP contribution in [0.1, 0.15) is 6.92 Å². The predicted molar refractivity (Wildman–Crippen MR) is 38.2 cm³/mol. The highest BCUT2D eigenvalue weighted by Crippen LogP contribution is 2.06. The van der Waals surface area contributed by atoms with Gasteiger partial charge in [-0.2, -0.15) is 4.98 Å². The molecule has 0 saturated heterocycles. The average molecular weight is 159 g/mol. The first kappa shape index (κ1) is 7.28. The Balaban J connectivity index is 2.75. The lowest BCUT2D eigenvalue weighted by molar-refractivity contribution is 0.312. The van der Waals surface area contributed by atoms with E-state index in [4.69, 9.17) is 16.3 Å². The van der Waals surface area contributed by atoms with Crippen molar-refractivity contribution in [2.45, 2.75) is 6.92 Å². The summed E-state index contributed by atoms with van der Waals surface area (Å²) >= 11 is 5.55. The van der Waals surface area contributed by atoms with Gasteiger partial charge >= 0.3 is 6.01 Å². The summed E-state index contributed by atoms with van der Waals surface area (Å²) in [6, 6.07) is 1.93. The summed E-state index contributed by atoms with van der Waals surface area (Å²) in [7, 11) is 0. The Morgan fingerprint density at radius 3 is 3.10 bits per heavy atom. The van der Waals surface area contributed by atoms with Crippen LogP contribution in [0.15, 0.2) is 12.3 Å². The second-order valence-electron chi connectivity index (χ2n) is 1.59. The topological polar surface area (TPSA) is 35.0 Å². The van der Waals surface area contributed by atoms with Gasteiger partial charge in [0.05, 0.1) is 6.61 Å². The first-order valence-electron chi connectivity index (χ1n) is 2.94. The fourth-order valence-corrected chi connectivity index (χ4v) is 0.647. The van der Waals surface area contributed by atoms with Crippen LogP contribution < -0.4 is 4.74 Å². The van der Waals surface area contributed by atoms with E-state index in [1.54, 1.807) is 12.3 Å². The van der Waals surface area contributed by atoms with Gasteiger partial charge in [0.25, 0.3) is 0 Å². The first-order valence-corrected chi connectivity index (χ1v) is 3.32. The van der Waals surface area contributed by atoms with Gasteiger partial charge in [-0.1, -0.05) is 11.6 Å². The quantitative estimate of drug-likeness (QED) is 0.613. The van der Waals surface area contributed by atoms with Crippen molar-refractivity contribution in [2.75, 3.05) is 6.61 Å². The van der Waals surface area contributed by atoms with Gasteiger partial charge in [-0.25, -0.2) is 4.98 Å². The molecule has 3 nitrogen and oxygen atoms in total. The highest BCUT2D eigenvalue weighted by atomic mass is 35.5.